The second-order valence-corrected chi connectivity index (χ2v) is 7.85. The first-order chi connectivity index (χ1) is 16.9. The molecule has 0 aliphatic rings. The van der Waals surface area contributed by atoms with Gasteiger partial charge >= 0.3 is 0 Å². The Kier molecular flexibility index (Phi) is 6.96. The number of aromatic nitrogens is 2. The molecule has 2 aromatic heterocycles. The quantitative estimate of drug-likeness (QED) is 0.353. The lowest BCUT2D eigenvalue weighted by molar-refractivity contribution is 0.0953. The Morgan fingerprint density at radius 2 is 1.94 bits per heavy atom. The maximum absolute atomic E-state index is 14.9. The number of para-hydroxylation sites is 1. The number of amides is 1. The van der Waals surface area contributed by atoms with Crippen molar-refractivity contribution in [2.24, 2.45) is 0 Å². The summed E-state index contributed by atoms with van der Waals surface area (Å²) in [6.07, 6.45) is 2.30. The number of pyridine rings is 2. The fourth-order valence-electron chi connectivity index (χ4n) is 3.70. The number of ether oxygens (including phenoxy) is 2. The summed E-state index contributed by atoms with van der Waals surface area (Å²) in [7, 11) is 1.56. The molecule has 9 heteroatoms. The van der Waals surface area contributed by atoms with Crippen molar-refractivity contribution < 1.29 is 18.7 Å². The van der Waals surface area contributed by atoms with E-state index >= 15 is 0 Å². The lowest BCUT2D eigenvalue weighted by Gasteiger charge is -2.14. The smallest absolute Gasteiger partial charge is 0.263 e. The SMILES string of the molecule is CCCNC(=O)c1c(N)c2cccc(-c3cc(OCc4ccc(OC)cn4)ccc3F)c2[nH]c1=O. The van der Waals surface area contributed by atoms with Crippen molar-refractivity contribution in [3.05, 3.63) is 82.2 Å². The number of nitrogens with two attached hydrogens (primary N) is 1. The first-order valence-electron chi connectivity index (χ1n) is 11.1. The Bertz CT molecular complexity index is 1430. The molecule has 0 saturated heterocycles. The van der Waals surface area contributed by atoms with Gasteiger partial charge in [-0.05, 0) is 36.8 Å². The fourth-order valence-corrected chi connectivity index (χ4v) is 3.70. The van der Waals surface area contributed by atoms with Crippen LogP contribution in [0.3, 0.4) is 0 Å². The molecule has 35 heavy (non-hydrogen) atoms. The molecule has 1 amide bonds. The number of nitrogen functional groups attached to an aromatic ring is 1. The highest BCUT2D eigenvalue weighted by Crippen LogP contribution is 2.34. The Morgan fingerprint density at radius 3 is 2.66 bits per heavy atom. The van der Waals surface area contributed by atoms with Crippen LogP contribution in [-0.2, 0) is 6.61 Å². The van der Waals surface area contributed by atoms with Gasteiger partial charge in [0.05, 0.1) is 30.2 Å². The van der Waals surface area contributed by atoms with E-state index in [0.29, 0.717) is 46.6 Å². The van der Waals surface area contributed by atoms with Gasteiger partial charge in [-0.3, -0.25) is 14.6 Å². The standard InChI is InChI=1S/C26H25FN4O4/c1-3-11-29-25(32)22-23(28)19-6-4-5-18(24(19)31-26(22)33)20-12-16(9-10-21(20)27)35-14-15-7-8-17(34-2)13-30-15/h4-10,12-13H,3,11,14H2,1-2H3,(H,29,32)(H3,28,31,33). The second-order valence-electron chi connectivity index (χ2n) is 7.85. The number of carbonyl (C=O) groups is 1. The zero-order chi connectivity index (χ0) is 24.9. The van der Waals surface area contributed by atoms with Crippen LogP contribution in [0.4, 0.5) is 10.1 Å². The van der Waals surface area contributed by atoms with E-state index in [0.717, 1.165) is 0 Å². The summed E-state index contributed by atoms with van der Waals surface area (Å²) in [6, 6.07) is 12.9. The van der Waals surface area contributed by atoms with Gasteiger partial charge in [0.1, 0.15) is 29.5 Å². The van der Waals surface area contributed by atoms with Gasteiger partial charge in [-0.2, -0.15) is 0 Å². The van der Waals surface area contributed by atoms with Gasteiger partial charge < -0.3 is 25.5 Å². The van der Waals surface area contributed by atoms with E-state index in [-0.39, 0.29) is 23.4 Å². The number of H-pyrrole nitrogens is 1. The molecule has 0 aliphatic carbocycles. The van der Waals surface area contributed by atoms with Crippen molar-refractivity contribution in [1.82, 2.24) is 15.3 Å². The first kappa shape index (κ1) is 23.7. The normalized spacial score (nSPS) is 10.8. The summed E-state index contributed by atoms with van der Waals surface area (Å²) in [4.78, 5) is 32.2. The van der Waals surface area contributed by atoms with Crippen molar-refractivity contribution in [2.75, 3.05) is 19.4 Å². The summed E-state index contributed by atoms with van der Waals surface area (Å²) >= 11 is 0. The van der Waals surface area contributed by atoms with Gasteiger partial charge in [-0.25, -0.2) is 4.39 Å². The maximum atomic E-state index is 14.9. The highest BCUT2D eigenvalue weighted by molar-refractivity contribution is 6.09. The van der Waals surface area contributed by atoms with Crippen LogP contribution in [0.25, 0.3) is 22.0 Å². The number of hydrogen-bond acceptors (Lipinski definition) is 6. The lowest BCUT2D eigenvalue weighted by Crippen LogP contribution is -2.31. The molecular formula is C26H25FN4O4. The summed E-state index contributed by atoms with van der Waals surface area (Å²) in [5.41, 5.74) is 7.09. The van der Waals surface area contributed by atoms with E-state index in [1.165, 1.54) is 12.1 Å². The molecule has 4 N–H and O–H groups in total. The Labute approximate surface area is 200 Å². The van der Waals surface area contributed by atoms with Gasteiger partial charge in [-0.1, -0.05) is 25.1 Å². The minimum Gasteiger partial charge on any atom is -0.495 e. The van der Waals surface area contributed by atoms with Crippen LogP contribution >= 0.6 is 0 Å². The molecule has 2 heterocycles. The van der Waals surface area contributed by atoms with Gasteiger partial charge in [0, 0.05) is 23.1 Å². The van der Waals surface area contributed by atoms with Gasteiger partial charge in [0.15, 0.2) is 0 Å². The van der Waals surface area contributed by atoms with Crippen molar-refractivity contribution in [2.45, 2.75) is 20.0 Å². The fraction of sp³-hybridized carbons (Fsp3) is 0.192. The molecule has 8 nitrogen and oxygen atoms in total. The van der Waals surface area contributed by atoms with E-state index in [2.05, 4.69) is 15.3 Å². The van der Waals surface area contributed by atoms with Crippen molar-refractivity contribution >= 4 is 22.5 Å². The summed E-state index contributed by atoms with van der Waals surface area (Å²) in [5, 5.41) is 3.11. The average Bonchev–Trinajstić information content (AvgIpc) is 2.87. The van der Waals surface area contributed by atoms with Gasteiger partial charge in [0.25, 0.3) is 11.5 Å². The number of rotatable bonds is 8. The minimum absolute atomic E-state index is 0.0394. The highest BCUT2D eigenvalue weighted by Gasteiger charge is 2.20. The Balaban J connectivity index is 1.70. The number of anilines is 1. The van der Waals surface area contributed by atoms with E-state index in [4.69, 9.17) is 15.2 Å². The number of halogens is 1. The monoisotopic (exact) mass is 476 g/mol. The number of carbonyl (C=O) groups excluding carboxylic acids is 1. The van der Waals surface area contributed by atoms with Crippen LogP contribution in [0.5, 0.6) is 11.5 Å². The van der Waals surface area contributed by atoms with E-state index in [1.807, 2.05) is 6.92 Å². The van der Waals surface area contributed by atoms with Gasteiger partial charge in [0.2, 0.25) is 0 Å². The molecule has 0 spiro atoms. The maximum Gasteiger partial charge on any atom is 0.263 e. The van der Waals surface area contributed by atoms with E-state index in [9.17, 15) is 14.0 Å². The topological polar surface area (TPSA) is 119 Å². The molecule has 0 saturated carbocycles. The van der Waals surface area contributed by atoms with Gasteiger partial charge in [-0.15, -0.1) is 0 Å². The van der Waals surface area contributed by atoms with Crippen molar-refractivity contribution in [1.29, 1.82) is 0 Å². The molecule has 4 rings (SSSR count). The summed E-state index contributed by atoms with van der Waals surface area (Å²) < 4.78 is 25.8. The molecule has 0 atom stereocenters. The molecule has 0 bridgehead atoms. The minimum atomic E-state index is -0.644. The molecule has 180 valence electrons. The predicted octanol–water partition coefficient (Wildman–Crippen LogP) is 4.04. The number of benzene rings is 2. The number of nitrogens with zero attached hydrogens (tertiary/aromatic N) is 1. The zero-order valence-corrected chi connectivity index (χ0v) is 19.4. The number of fused-ring (bicyclic) bond motifs is 1. The van der Waals surface area contributed by atoms with E-state index < -0.39 is 17.3 Å². The summed E-state index contributed by atoms with van der Waals surface area (Å²) in [6.45, 7) is 2.49. The van der Waals surface area contributed by atoms with Crippen LogP contribution in [-0.4, -0.2) is 29.5 Å². The molecule has 0 unspecified atom stereocenters. The number of hydrogen-bond donors (Lipinski definition) is 3. The average molecular weight is 477 g/mol. The molecule has 4 aromatic rings. The van der Waals surface area contributed by atoms with Crippen LogP contribution in [0.2, 0.25) is 0 Å². The molecule has 0 aliphatic heterocycles. The lowest BCUT2D eigenvalue weighted by atomic mass is 9.99. The zero-order valence-electron chi connectivity index (χ0n) is 19.4. The van der Waals surface area contributed by atoms with E-state index in [1.54, 1.807) is 49.7 Å². The Morgan fingerprint density at radius 1 is 1.14 bits per heavy atom. The molecule has 0 radical (unpaired) electrons. The Hall–Kier alpha value is -4.40. The van der Waals surface area contributed by atoms with Crippen LogP contribution in [0, 0.1) is 5.82 Å². The highest BCUT2D eigenvalue weighted by atomic mass is 19.1. The number of methoxy groups -OCH3 is 1. The third kappa shape index (κ3) is 4.93. The van der Waals surface area contributed by atoms with Crippen LogP contribution in [0.15, 0.2) is 59.5 Å². The third-order valence-electron chi connectivity index (χ3n) is 5.50. The molecule has 2 aromatic carbocycles. The number of aromatic amines is 1. The van der Waals surface area contributed by atoms with Crippen molar-refractivity contribution in [3.63, 3.8) is 0 Å². The summed E-state index contributed by atoms with van der Waals surface area (Å²) in [5.74, 6) is -0.00169. The first-order valence-corrected chi connectivity index (χ1v) is 11.1. The predicted molar refractivity (Wildman–Crippen MR) is 132 cm³/mol. The van der Waals surface area contributed by atoms with Crippen LogP contribution < -0.4 is 26.1 Å². The second kappa shape index (κ2) is 10.3. The number of nitrogens with one attached hydrogen (secondary N) is 2. The largest absolute Gasteiger partial charge is 0.495 e. The third-order valence-corrected chi connectivity index (χ3v) is 5.50. The molecular weight excluding hydrogens is 451 g/mol. The van der Waals surface area contributed by atoms with Crippen LogP contribution in [0.1, 0.15) is 29.4 Å². The molecule has 0 fully saturated rings. The van der Waals surface area contributed by atoms with Crippen molar-refractivity contribution in [3.8, 4) is 22.6 Å².